The molecule has 0 amide bonds. The maximum absolute atomic E-state index is 13.1. The monoisotopic (exact) mass is 266 g/mol. The molecule has 1 fully saturated rings. The zero-order chi connectivity index (χ0) is 12.8. The third kappa shape index (κ3) is 1.59. The van der Waals surface area contributed by atoms with Crippen molar-refractivity contribution in [3.05, 3.63) is 34.5 Å². The Morgan fingerprint density at radius 3 is 2.67 bits per heavy atom. The van der Waals surface area contributed by atoms with Gasteiger partial charge in [-0.1, -0.05) is 11.3 Å². The summed E-state index contributed by atoms with van der Waals surface area (Å²) in [5.41, 5.74) is 0.689. The van der Waals surface area contributed by atoms with E-state index in [2.05, 4.69) is 4.90 Å². The second-order valence-electron chi connectivity index (χ2n) is 5.13. The Labute approximate surface area is 111 Å². The van der Waals surface area contributed by atoms with Gasteiger partial charge in [-0.15, -0.1) is 0 Å². The van der Waals surface area contributed by atoms with E-state index >= 15 is 0 Å². The van der Waals surface area contributed by atoms with Crippen LogP contribution in [0.3, 0.4) is 0 Å². The van der Waals surface area contributed by atoms with Crippen molar-refractivity contribution in [1.29, 1.82) is 0 Å². The number of thiophene rings is 1. The summed E-state index contributed by atoms with van der Waals surface area (Å²) >= 11 is 1.55. The zero-order valence-electron chi connectivity index (χ0n) is 10.8. The van der Waals surface area contributed by atoms with Crippen molar-refractivity contribution in [3.63, 3.8) is 0 Å². The molecular formula is C13H18N2O2S. The molecule has 0 N–H and O–H groups in total. The molecular weight excluding hydrogens is 248 g/mol. The highest BCUT2D eigenvalue weighted by Crippen LogP contribution is 2.45. The molecule has 1 aromatic rings. The van der Waals surface area contributed by atoms with E-state index in [1.54, 1.807) is 17.5 Å². The van der Waals surface area contributed by atoms with Crippen LogP contribution in [0.1, 0.15) is 12.5 Å². The van der Waals surface area contributed by atoms with Crippen molar-refractivity contribution < 1.29 is 4.74 Å². The van der Waals surface area contributed by atoms with Crippen LogP contribution in [-0.2, 0) is 4.74 Å². The van der Waals surface area contributed by atoms with E-state index in [1.165, 1.54) is 0 Å². The Balaban J connectivity index is 1.91. The summed E-state index contributed by atoms with van der Waals surface area (Å²) < 4.78 is 5.01. The Kier molecular flexibility index (Phi) is 2.84. The van der Waals surface area contributed by atoms with Gasteiger partial charge in [-0.3, -0.25) is 4.65 Å². The summed E-state index contributed by atoms with van der Waals surface area (Å²) in [7, 11) is 0. The van der Waals surface area contributed by atoms with Crippen LogP contribution in [0.15, 0.2) is 23.7 Å². The lowest BCUT2D eigenvalue weighted by Crippen LogP contribution is -2.71. The smallest absolute Gasteiger partial charge is 0.194 e. The number of quaternary nitrogens is 1. The van der Waals surface area contributed by atoms with Gasteiger partial charge in [0.05, 0.1) is 13.2 Å². The van der Waals surface area contributed by atoms with Gasteiger partial charge in [0.15, 0.2) is 10.7 Å². The van der Waals surface area contributed by atoms with Gasteiger partial charge >= 0.3 is 0 Å². The minimum absolute atomic E-state index is 0.356. The molecule has 0 aromatic carbocycles. The minimum Gasteiger partial charge on any atom is -0.620 e. The van der Waals surface area contributed by atoms with Crippen molar-refractivity contribution in [3.8, 4) is 0 Å². The lowest BCUT2D eigenvalue weighted by atomic mass is 10.0. The number of hydrogen-bond donors (Lipinski definition) is 0. The summed E-state index contributed by atoms with van der Waals surface area (Å²) in [5, 5.41) is 16.0. The van der Waals surface area contributed by atoms with Gasteiger partial charge in [-0.05, 0) is 17.9 Å². The number of nitrogens with zero attached hydrogens (tertiary/aromatic N) is 2. The summed E-state index contributed by atoms with van der Waals surface area (Å²) in [6.07, 6.45) is 3.78. The second-order valence-corrected chi connectivity index (χ2v) is 6.02. The molecule has 4 nitrogen and oxygen atoms in total. The standard InChI is InChI=1S/C13H18N2O2S/c1-11-9-12(18-10-11)15(16)6-3-13(15,2)14-4-7-17-8-5-14/h3,6,9-10H,4-5,7-8H2,1-2H3. The first kappa shape index (κ1) is 12.3. The highest BCUT2D eigenvalue weighted by Gasteiger charge is 2.52. The molecule has 2 unspecified atom stereocenters. The van der Waals surface area contributed by atoms with E-state index in [9.17, 15) is 5.21 Å². The first-order valence-electron chi connectivity index (χ1n) is 6.25. The van der Waals surface area contributed by atoms with Gasteiger partial charge in [0.1, 0.15) is 6.20 Å². The Hall–Kier alpha value is -0.720. The fraction of sp³-hybridized carbons (Fsp3) is 0.538. The van der Waals surface area contributed by atoms with Crippen LogP contribution in [0.25, 0.3) is 0 Å². The van der Waals surface area contributed by atoms with Crippen molar-refractivity contribution in [2.75, 3.05) is 26.3 Å². The molecule has 0 aliphatic carbocycles. The molecule has 2 aliphatic heterocycles. The van der Waals surface area contributed by atoms with Gasteiger partial charge in [-0.2, -0.15) is 0 Å². The van der Waals surface area contributed by atoms with Gasteiger partial charge < -0.3 is 9.94 Å². The maximum Gasteiger partial charge on any atom is 0.194 e. The van der Waals surface area contributed by atoms with Crippen LogP contribution in [-0.4, -0.2) is 36.9 Å². The van der Waals surface area contributed by atoms with E-state index in [-0.39, 0.29) is 4.65 Å². The molecule has 5 heteroatoms. The molecule has 3 heterocycles. The quantitative estimate of drug-likeness (QED) is 0.609. The highest BCUT2D eigenvalue weighted by atomic mass is 32.1. The first-order valence-corrected chi connectivity index (χ1v) is 7.13. The average molecular weight is 266 g/mol. The third-order valence-electron chi connectivity index (χ3n) is 3.97. The Morgan fingerprint density at radius 1 is 1.44 bits per heavy atom. The number of morpholine rings is 1. The van der Waals surface area contributed by atoms with Crippen molar-refractivity contribution in [2.45, 2.75) is 19.5 Å². The van der Waals surface area contributed by atoms with Gasteiger partial charge in [-0.25, -0.2) is 4.90 Å². The molecule has 3 rings (SSSR count). The van der Waals surface area contributed by atoms with Gasteiger partial charge in [0.2, 0.25) is 0 Å². The highest BCUT2D eigenvalue weighted by molar-refractivity contribution is 7.14. The number of aryl methyl sites for hydroxylation is 1. The van der Waals surface area contributed by atoms with Crippen molar-refractivity contribution >= 4 is 16.3 Å². The first-order chi connectivity index (χ1) is 8.56. The summed E-state index contributed by atoms with van der Waals surface area (Å²) in [4.78, 5) is 2.23. The van der Waals surface area contributed by atoms with Crippen molar-refractivity contribution in [1.82, 2.24) is 9.55 Å². The van der Waals surface area contributed by atoms with E-state index in [0.29, 0.717) is 13.2 Å². The number of rotatable bonds is 2. The second kappa shape index (κ2) is 4.15. The van der Waals surface area contributed by atoms with Gasteiger partial charge in [0, 0.05) is 32.2 Å². The zero-order valence-corrected chi connectivity index (χ0v) is 11.6. The van der Waals surface area contributed by atoms with Gasteiger partial charge in [0.25, 0.3) is 0 Å². The summed E-state index contributed by atoms with van der Waals surface area (Å²) in [6, 6.07) is 2.00. The third-order valence-corrected chi connectivity index (χ3v) is 5.09. The lowest BCUT2D eigenvalue weighted by Gasteiger charge is -2.59. The molecule has 0 saturated carbocycles. The van der Waals surface area contributed by atoms with Crippen LogP contribution in [0.4, 0.5) is 5.00 Å². The summed E-state index contributed by atoms with van der Waals surface area (Å²) in [5.74, 6) is 0. The molecule has 98 valence electrons. The molecule has 0 bridgehead atoms. The summed E-state index contributed by atoms with van der Waals surface area (Å²) in [6.45, 7) is 7.14. The fourth-order valence-electron chi connectivity index (χ4n) is 2.64. The largest absolute Gasteiger partial charge is 0.620 e. The van der Waals surface area contributed by atoms with Crippen LogP contribution in [0.5, 0.6) is 0 Å². The van der Waals surface area contributed by atoms with E-state index < -0.39 is 5.66 Å². The predicted molar refractivity (Wildman–Crippen MR) is 74.2 cm³/mol. The van der Waals surface area contributed by atoms with Crippen LogP contribution < -0.4 is 4.65 Å². The molecule has 0 radical (unpaired) electrons. The fourth-order valence-corrected chi connectivity index (χ4v) is 3.67. The molecule has 18 heavy (non-hydrogen) atoms. The number of hydroxylamine groups is 2. The maximum atomic E-state index is 13.1. The van der Waals surface area contributed by atoms with E-state index in [4.69, 9.17) is 4.74 Å². The SMILES string of the molecule is Cc1csc([N+]2([O-])C=CC2(C)N2CCOCC2)c1. The molecule has 0 spiro atoms. The van der Waals surface area contributed by atoms with E-state index in [1.807, 2.05) is 31.4 Å². The Bertz CT molecular complexity index is 481. The normalized spacial score (nSPS) is 36.6. The van der Waals surface area contributed by atoms with Crippen LogP contribution in [0.2, 0.25) is 0 Å². The number of ether oxygens (including phenoxy) is 1. The molecule has 2 aliphatic rings. The topological polar surface area (TPSA) is 35.5 Å². The lowest BCUT2D eigenvalue weighted by molar-refractivity contribution is -0.0465. The molecule has 1 aromatic heterocycles. The minimum atomic E-state index is -0.471. The van der Waals surface area contributed by atoms with Crippen LogP contribution >= 0.6 is 11.3 Å². The van der Waals surface area contributed by atoms with Crippen molar-refractivity contribution in [2.24, 2.45) is 0 Å². The average Bonchev–Trinajstić information content (AvgIpc) is 2.83. The number of hydrogen-bond acceptors (Lipinski definition) is 4. The Morgan fingerprint density at radius 2 is 2.17 bits per heavy atom. The molecule has 2 atom stereocenters. The van der Waals surface area contributed by atoms with Crippen LogP contribution in [0, 0.1) is 12.1 Å². The molecule has 1 saturated heterocycles. The predicted octanol–water partition coefficient (Wildman–Crippen LogP) is 2.44. The van der Waals surface area contributed by atoms with E-state index in [0.717, 1.165) is 23.7 Å².